The maximum absolute atomic E-state index is 12.5. The largest absolute Gasteiger partial charge is 0.351 e. The van der Waals surface area contributed by atoms with Crippen molar-refractivity contribution in [3.05, 3.63) is 59.7 Å². The monoisotopic (exact) mass is 392 g/mol. The van der Waals surface area contributed by atoms with Gasteiger partial charge in [-0.2, -0.15) is 0 Å². The van der Waals surface area contributed by atoms with Gasteiger partial charge in [0.1, 0.15) is 5.52 Å². The summed E-state index contributed by atoms with van der Waals surface area (Å²) in [5.41, 5.74) is 3.71. The van der Waals surface area contributed by atoms with Gasteiger partial charge in [0, 0.05) is 57.9 Å². The molecule has 0 unspecified atom stereocenters. The number of rotatable bonds is 7. The molecule has 7 heteroatoms. The minimum Gasteiger partial charge on any atom is -0.351 e. The second-order valence-electron chi connectivity index (χ2n) is 7.47. The van der Waals surface area contributed by atoms with Crippen LogP contribution < -0.4 is 5.32 Å². The molecule has 3 aromatic rings. The molecular formula is C22H28N6O. The SMILES string of the molecule is CCn1nnc2cc(C(=O)NCCN3CCN(Cc4ccccc4)CC3)ccc21. The number of benzene rings is 2. The molecule has 0 spiro atoms. The number of carbonyl (C=O) groups is 1. The minimum absolute atomic E-state index is 0.0549. The summed E-state index contributed by atoms with van der Waals surface area (Å²) < 4.78 is 1.83. The van der Waals surface area contributed by atoms with Crippen LogP contribution in [0.2, 0.25) is 0 Å². The third kappa shape index (κ3) is 4.81. The van der Waals surface area contributed by atoms with Crippen molar-refractivity contribution >= 4 is 16.9 Å². The summed E-state index contributed by atoms with van der Waals surface area (Å²) in [5, 5.41) is 11.3. The quantitative estimate of drug-likeness (QED) is 0.666. The van der Waals surface area contributed by atoms with Gasteiger partial charge in [0.15, 0.2) is 0 Å². The van der Waals surface area contributed by atoms with E-state index in [0.717, 1.165) is 56.8 Å². The third-order valence-corrected chi connectivity index (χ3v) is 5.50. The van der Waals surface area contributed by atoms with Gasteiger partial charge in [-0.25, -0.2) is 4.68 Å². The number of amides is 1. The van der Waals surface area contributed by atoms with Crippen LogP contribution in [-0.2, 0) is 13.1 Å². The van der Waals surface area contributed by atoms with Gasteiger partial charge in [-0.1, -0.05) is 35.5 Å². The summed E-state index contributed by atoms with van der Waals surface area (Å²) in [5.74, 6) is -0.0549. The number of carbonyl (C=O) groups excluding carboxylic acids is 1. The second-order valence-corrected chi connectivity index (χ2v) is 7.47. The first kappa shape index (κ1) is 19.5. The summed E-state index contributed by atoms with van der Waals surface area (Å²) in [4.78, 5) is 17.4. The van der Waals surface area contributed by atoms with Gasteiger partial charge in [0.2, 0.25) is 0 Å². The Morgan fingerprint density at radius 3 is 2.55 bits per heavy atom. The van der Waals surface area contributed by atoms with Crippen molar-refractivity contribution in [1.82, 2.24) is 30.1 Å². The van der Waals surface area contributed by atoms with Crippen molar-refractivity contribution in [1.29, 1.82) is 0 Å². The average molecular weight is 393 g/mol. The maximum Gasteiger partial charge on any atom is 0.251 e. The van der Waals surface area contributed by atoms with E-state index in [1.165, 1.54) is 5.56 Å². The molecule has 1 N–H and O–H groups in total. The van der Waals surface area contributed by atoms with E-state index >= 15 is 0 Å². The molecule has 1 aliphatic heterocycles. The topological polar surface area (TPSA) is 66.3 Å². The Morgan fingerprint density at radius 2 is 1.79 bits per heavy atom. The lowest BCUT2D eigenvalue weighted by Gasteiger charge is -2.34. The van der Waals surface area contributed by atoms with E-state index in [0.29, 0.717) is 12.1 Å². The maximum atomic E-state index is 12.5. The molecule has 0 atom stereocenters. The van der Waals surface area contributed by atoms with Crippen LogP contribution in [0.15, 0.2) is 48.5 Å². The van der Waals surface area contributed by atoms with Crippen molar-refractivity contribution in [2.24, 2.45) is 0 Å². The Hall–Kier alpha value is -2.77. The summed E-state index contributed by atoms with van der Waals surface area (Å²) >= 11 is 0. The molecular weight excluding hydrogens is 364 g/mol. The molecule has 7 nitrogen and oxygen atoms in total. The van der Waals surface area contributed by atoms with Crippen LogP contribution in [-0.4, -0.2) is 70.0 Å². The smallest absolute Gasteiger partial charge is 0.251 e. The highest BCUT2D eigenvalue weighted by Crippen LogP contribution is 2.13. The first-order chi connectivity index (χ1) is 14.2. The van der Waals surface area contributed by atoms with E-state index in [9.17, 15) is 4.79 Å². The fourth-order valence-electron chi connectivity index (χ4n) is 3.79. The lowest BCUT2D eigenvalue weighted by Crippen LogP contribution is -2.48. The van der Waals surface area contributed by atoms with E-state index in [1.54, 1.807) is 0 Å². The number of piperazine rings is 1. The van der Waals surface area contributed by atoms with E-state index < -0.39 is 0 Å². The van der Waals surface area contributed by atoms with Crippen molar-refractivity contribution in [2.75, 3.05) is 39.3 Å². The lowest BCUT2D eigenvalue weighted by atomic mass is 10.2. The highest BCUT2D eigenvalue weighted by Gasteiger charge is 2.17. The van der Waals surface area contributed by atoms with Gasteiger partial charge in [-0.15, -0.1) is 5.10 Å². The molecule has 1 amide bonds. The number of hydrogen-bond acceptors (Lipinski definition) is 5. The normalized spacial score (nSPS) is 15.6. The number of nitrogens with one attached hydrogen (secondary N) is 1. The van der Waals surface area contributed by atoms with Crippen molar-refractivity contribution in [3.63, 3.8) is 0 Å². The van der Waals surface area contributed by atoms with Gasteiger partial charge in [0.05, 0.1) is 5.52 Å². The van der Waals surface area contributed by atoms with Crippen LogP contribution in [0, 0.1) is 0 Å². The Balaban J connectivity index is 1.21. The summed E-state index contributed by atoms with van der Waals surface area (Å²) in [7, 11) is 0. The predicted molar refractivity (Wildman–Crippen MR) is 114 cm³/mol. The Morgan fingerprint density at radius 1 is 1.03 bits per heavy atom. The van der Waals surface area contributed by atoms with Crippen LogP contribution in [0.25, 0.3) is 11.0 Å². The highest BCUT2D eigenvalue weighted by atomic mass is 16.1. The number of aryl methyl sites for hydroxylation is 1. The third-order valence-electron chi connectivity index (χ3n) is 5.50. The van der Waals surface area contributed by atoms with E-state index in [4.69, 9.17) is 0 Å². The highest BCUT2D eigenvalue weighted by molar-refractivity contribution is 5.97. The molecule has 1 aliphatic rings. The van der Waals surface area contributed by atoms with Gasteiger partial charge in [-0.3, -0.25) is 14.6 Å². The summed E-state index contributed by atoms with van der Waals surface area (Å²) in [6, 6.07) is 16.2. The predicted octanol–water partition coefficient (Wildman–Crippen LogP) is 2.00. The zero-order valence-electron chi connectivity index (χ0n) is 16.9. The van der Waals surface area contributed by atoms with Crippen molar-refractivity contribution in [3.8, 4) is 0 Å². The van der Waals surface area contributed by atoms with Crippen LogP contribution >= 0.6 is 0 Å². The molecule has 0 bridgehead atoms. The second kappa shape index (κ2) is 9.15. The lowest BCUT2D eigenvalue weighted by molar-refractivity contribution is 0.0934. The van der Waals surface area contributed by atoms with E-state index in [1.807, 2.05) is 29.8 Å². The number of hydrogen-bond donors (Lipinski definition) is 1. The number of fused-ring (bicyclic) bond motifs is 1. The van der Waals surface area contributed by atoms with Gasteiger partial charge in [-0.05, 0) is 30.7 Å². The Bertz CT molecular complexity index is 946. The molecule has 1 aromatic heterocycles. The molecule has 2 heterocycles. The fourth-order valence-corrected chi connectivity index (χ4v) is 3.79. The molecule has 4 rings (SSSR count). The van der Waals surface area contributed by atoms with Gasteiger partial charge in [0.25, 0.3) is 5.91 Å². The van der Waals surface area contributed by atoms with E-state index in [2.05, 4.69) is 55.8 Å². The average Bonchev–Trinajstić information content (AvgIpc) is 3.18. The van der Waals surface area contributed by atoms with Crippen LogP contribution in [0.1, 0.15) is 22.8 Å². The Labute approximate surface area is 171 Å². The molecule has 1 saturated heterocycles. The van der Waals surface area contributed by atoms with E-state index in [-0.39, 0.29) is 5.91 Å². The van der Waals surface area contributed by atoms with Crippen LogP contribution in [0.3, 0.4) is 0 Å². The van der Waals surface area contributed by atoms with Gasteiger partial charge < -0.3 is 5.32 Å². The molecule has 152 valence electrons. The molecule has 0 radical (unpaired) electrons. The van der Waals surface area contributed by atoms with Crippen LogP contribution in [0.5, 0.6) is 0 Å². The molecule has 0 saturated carbocycles. The van der Waals surface area contributed by atoms with Crippen molar-refractivity contribution in [2.45, 2.75) is 20.0 Å². The standard InChI is InChI=1S/C22H28N6O/c1-2-28-21-9-8-19(16-20(21)24-25-28)22(29)23-10-11-26-12-14-27(15-13-26)17-18-6-4-3-5-7-18/h3-9,16H,2,10-15,17H2,1H3,(H,23,29). The molecule has 0 aliphatic carbocycles. The summed E-state index contributed by atoms with van der Waals surface area (Å²) in [6.45, 7) is 9.52. The molecule has 2 aromatic carbocycles. The zero-order chi connectivity index (χ0) is 20.1. The first-order valence-corrected chi connectivity index (χ1v) is 10.3. The number of aromatic nitrogens is 3. The number of nitrogens with zero attached hydrogens (tertiary/aromatic N) is 5. The fraction of sp³-hybridized carbons (Fsp3) is 0.409. The first-order valence-electron chi connectivity index (χ1n) is 10.3. The molecule has 29 heavy (non-hydrogen) atoms. The van der Waals surface area contributed by atoms with Crippen molar-refractivity contribution < 1.29 is 4.79 Å². The molecule has 1 fully saturated rings. The zero-order valence-corrected chi connectivity index (χ0v) is 16.9. The van der Waals surface area contributed by atoms with Crippen LogP contribution in [0.4, 0.5) is 0 Å². The summed E-state index contributed by atoms with van der Waals surface area (Å²) in [6.07, 6.45) is 0. The Kier molecular flexibility index (Phi) is 6.17. The minimum atomic E-state index is -0.0549. The van der Waals surface area contributed by atoms with Gasteiger partial charge >= 0.3 is 0 Å².